The first-order chi connectivity index (χ1) is 6.84. The Morgan fingerprint density at radius 1 is 1.47 bits per heavy atom. The van der Waals surface area contributed by atoms with Gasteiger partial charge in [0.2, 0.25) is 5.91 Å². The number of rotatable bonds is 3. The lowest BCUT2D eigenvalue weighted by atomic mass is 10.0. The van der Waals surface area contributed by atoms with Crippen molar-refractivity contribution in [3.63, 3.8) is 0 Å². The van der Waals surface area contributed by atoms with E-state index in [-0.39, 0.29) is 0 Å². The van der Waals surface area contributed by atoms with Crippen LogP contribution in [-0.2, 0) is 4.79 Å². The largest absolute Gasteiger partial charge is 0.396 e. The van der Waals surface area contributed by atoms with Crippen LogP contribution in [0.4, 0.5) is 11.4 Å². The molecule has 0 radical (unpaired) electrons. The van der Waals surface area contributed by atoms with Gasteiger partial charge in [-0.05, 0) is 26.0 Å². The SMILES string of the molecule is CC(C)(Nc1cccc(Cl)c1N)C(N)=O. The summed E-state index contributed by atoms with van der Waals surface area (Å²) in [6.07, 6.45) is 0. The van der Waals surface area contributed by atoms with Gasteiger partial charge in [-0.1, -0.05) is 17.7 Å². The maximum absolute atomic E-state index is 11.1. The quantitative estimate of drug-likeness (QED) is 0.686. The Labute approximate surface area is 93.6 Å². The van der Waals surface area contributed by atoms with Gasteiger partial charge in [-0.3, -0.25) is 4.79 Å². The lowest BCUT2D eigenvalue weighted by Crippen LogP contribution is -2.45. The molecule has 0 heterocycles. The van der Waals surface area contributed by atoms with E-state index in [0.29, 0.717) is 16.4 Å². The number of carbonyl (C=O) groups excluding carboxylic acids is 1. The van der Waals surface area contributed by atoms with Crippen LogP contribution in [0, 0.1) is 0 Å². The van der Waals surface area contributed by atoms with Crippen molar-refractivity contribution in [1.82, 2.24) is 0 Å². The van der Waals surface area contributed by atoms with Crippen LogP contribution in [0.1, 0.15) is 13.8 Å². The van der Waals surface area contributed by atoms with E-state index < -0.39 is 11.4 Å². The number of anilines is 2. The summed E-state index contributed by atoms with van der Waals surface area (Å²) in [5.74, 6) is -0.457. The zero-order valence-corrected chi connectivity index (χ0v) is 9.43. The number of para-hydroxylation sites is 1. The third-order valence-corrected chi connectivity index (χ3v) is 2.45. The molecule has 0 saturated carbocycles. The summed E-state index contributed by atoms with van der Waals surface area (Å²) < 4.78 is 0. The molecule has 0 unspecified atom stereocenters. The maximum atomic E-state index is 11.1. The minimum absolute atomic E-state index is 0.411. The number of nitrogens with two attached hydrogens (primary N) is 2. The third-order valence-electron chi connectivity index (χ3n) is 2.12. The van der Waals surface area contributed by atoms with Crippen LogP contribution in [0.2, 0.25) is 5.02 Å². The average molecular weight is 228 g/mol. The van der Waals surface area contributed by atoms with Crippen LogP contribution in [0.3, 0.4) is 0 Å². The van der Waals surface area contributed by atoms with Crippen molar-refractivity contribution < 1.29 is 4.79 Å². The van der Waals surface area contributed by atoms with Gasteiger partial charge in [0.1, 0.15) is 5.54 Å². The van der Waals surface area contributed by atoms with Crippen molar-refractivity contribution >= 4 is 28.9 Å². The highest BCUT2D eigenvalue weighted by Crippen LogP contribution is 2.28. The molecule has 4 nitrogen and oxygen atoms in total. The van der Waals surface area contributed by atoms with E-state index in [1.165, 1.54) is 0 Å². The number of primary amides is 1. The molecule has 5 N–H and O–H groups in total. The highest BCUT2D eigenvalue weighted by molar-refractivity contribution is 6.33. The molecule has 0 aliphatic carbocycles. The van der Waals surface area contributed by atoms with Gasteiger partial charge in [0.25, 0.3) is 0 Å². The van der Waals surface area contributed by atoms with Crippen molar-refractivity contribution in [3.05, 3.63) is 23.2 Å². The minimum atomic E-state index is -0.862. The number of halogens is 1. The first-order valence-corrected chi connectivity index (χ1v) is 4.84. The fourth-order valence-corrected chi connectivity index (χ4v) is 1.22. The van der Waals surface area contributed by atoms with E-state index in [0.717, 1.165) is 0 Å². The fourth-order valence-electron chi connectivity index (χ4n) is 1.04. The predicted molar refractivity (Wildman–Crippen MR) is 62.8 cm³/mol. The lowest BCUT2D eigenvalue weighted by Gasteiger charge is -2.24. The molecule has 0 bridgehead atoms. The zero-order chi connectivity index (χ0) is 11.6. The lowest BCUT2D eigenvalue weighted by molar-refractivity contribution is -0.121. The standard InChI is InChI=1S/C10H14ClN3O/c1-10(2,9(13)15)14-7-5-3-4-6(11)8(7)12/h3-5,14H,12H2,1-2H3,(H2,13,15). The molecule has 0 aromatic heterocycles. The molecule has 0 aliphatic heterocycles. The topological polar surface area (TPSA) is 81.1 Å². The molecule has 0 atom stereocenters. The van der Waals surface area contributed by atoms with Crippen LogP contribution < -0.4 is 16.8 Å². The van der Waals surface area contributed by atoms with E-state index in [1.807, 2.05) is 0 Å². The van der Waals surface area contributed by atoms with Crippen LogP contribution in [0.15, 0.2) is 18.2 Å². The summed E-state index contributed by atoms with van der Waals surface area (Å²) in [4.78, 5) is 11.1. The molecule has 0 spiro atoms. The highest BCUT2D eigenvalue weighted by atomic mass is 35.5. The number of hydrogen-bond donors (Lipinski definition) is 3. The summed E-state index contributed by atoms with van der Waals surface area (Å²) in [6, 6.07) is 5.17. The Bertz CT molecular complexity index is 390. The molecule has 5 heteroatoms. The van der Waals surface area contributed by atoms with E-state index in [9.17, 15) is 4.79 Å². The molecule has 82 valence electrons. The molecule has 1 amide bonds. The summed E-state index contributed by atoms with van der Waals surface area (Å²) in [6.45, 7) is 3.35. The van der Waals surface area contributed by atoms with Crippen molar-refractivity contribution in [2.75, 3.05) is 11.1 Å². The summed E-state index contributed by atoms with van der Waals surface area (Å²) in [5.41, 5.74) is 11.1. The van der Waals surface area contributed by atoms with E-state index in [4.69, 9.17) is 23.1 Å². The van der Waals surface area contributed by atoms with Gasteiger partial charge in [0, 0.05) is 0 Å². The predicted octanol–water partition coefficient (Wildman–Crippen LogP) is 1.60. The molecule has 15 heavy (non-hydrogen) atoms. The third kappa shape index (κ3) is 2.53. The first-order valence-electron chi connectivity index (χ1n) is 4.46. The molecular weight excluding hydrogens is 214 g/mol. The van der Waals surface area contributed by atoms with Crippen LogP contribution >= 0.6 is 11.6 Å². The fraction of sp³-hybridized carbons (Fsp3) is 0.300. The molecule has 1 aromatic rings. The van der Waals surface area contributed by atoms with Crippen LogP contribution in [0.5, 0.6) is 0 Å². The van der Waals surface area contributed by atoms with Gasteiger partial charge in [0.05, 0.1) is 16.4 Å². The molecule has 0 aliphatic rings. The second-order valence-electron chi connectivity index (χ2n) is 3.82. The molecule has 0 fully saturated rings. The maximum Gasteiger partial charge on any atom is 0.242 e. The van der Waals surface area contributed by atoms with Gasteiger partial charge in [-0.25, -0.2) is 0 Å². The van der Waals surface area contributed by atoms with Crippen molar-refractivity contribution in [1.29, 1.82) is 0 Å². The summed E-state index contributed by atoms with van der Waals surface area (Å²) in [7, 11) is 0. The first kappa shape index (κ1) is 11.7. The van der Waals surface area contributed by atoms with Gasteiger partial charge in [-0.15, -0.1) is 0 Å². The minimum Gasteiger partial charge on any atom is -0.396 e. The van der Waals surface area contributed by atoms with Crippen molar-refractivity contribution in [2.45, 2.75) is 19.4 Å². The van der Waals surface area contributed by atoms with Gasteiger partial charge in [-0.2, -0.15) is 0 Å². The Hall–Kier alpha value is -1.42. The highest BCUT2D eigenvalue weighted by Gasteiger charge is 2.25. The monoisotopic (exact) mass is 227 g/mol. The van der Waals surface area contributed by atoms with E-state index in [1.54, 1.807) is 32.0 Å². The number of hydrogen-bond acceptors (Lipinski definition) is 3. The van der Waals surface area contributed by atoms with E-state index in [2.05, 4.69) is 5.32 Å². The molecule has 1 aromatic carbocycles. The smallest absolute Gasteiger partial charge is 0.242 e. The Morgan fingerprint density at radius 3 is 2.60 bits per heavy atom. The van der Waals surface area contributed by atoms with Crippen molar-refractivity contribution in [2.24, 2.45) is 5.73 Å². The van der Waals surface area contributed by atoms with E-state index >= 15 is 0 Å². The second kappa shape index (κ2) is 3.98. The number of nitrogen functional groups attached to an aromatic ring is 1. The molecule has 0 saturated heterocycles. The summed E-state index contributed by atoms with van der Waals surface area (Å²) >= 11 is 5.84. The van der Waals surface area contributed by atoms with Gasteiger partial charge < -0.3 is 16.8 Å². The average Bonchev–Trinajstić information content (AvgIpc) is 2.12. The second-order valence-corrected chi connectivity index (χ2v) is 4.22. The van der Waals surface area contributed by atoms with Gasteiger partial charge >= 0.3 is 0 Å². The van der Waals surface area contributed by atoms with Crippen LogP contribution in [-0.4, -0.2) is 11.4 Å². The van der Waals surface area contributed by atoms with Crippen LogP contribution in [0.25, 0.3) is 0 Å². The number of benzene rings is 1. The molecular formula is C10H14ClN3O. The summed E-state index contributed by atoms with van der Waals surface area (Å²) in [5, 5.41) is 3.39. The molecule has 1 rings (SSSR count). The Balaban J connectivity index is 3.00. The Kier molecular flexibility index (Phi) is 3.09. The normalized spacial score (nSPS) is 11.1. The Morgan fingerprint density at radius 2 is 2.07 bits per heavy atom. The number of amides is 1. The zero-order valence-electron chi connectivity index (χ0n) is 8.67. The number of nitrogens with one attached hydrogen (secondary N) is 1. The van der Waals surface area contributed by atoms with Gasteiger partial charge in [0.15, 0.2) is 0 Å². The number of carbonyl (C=O) groups is 1. The van der Waals surface area contributed by atoms with Crippen molar-refractivity contribution in [3.8, 4) is 0 Å².